The van der Waals surface area contributed by atoms with Crippen molar-refractivity contribution in [2.75, 3.05) is 46.3 Å². The van der Waals surface area contributed by atoms with Gasteiger partial charge in [0.1, 0.15) is 0 Å². The summed E-state index contributed by atoms with van der Waals surface area (Å²) in [5.74, 6) is 1.18. The topological polar surface area (TPSA) is 60.0 Å². The van der Waals surface area contributed by atoms with Gasteiger partial charge in [0.25, 0.3) is 0 Å². The highest BCUT2D eigenvalue weighted by Gasteiger charge is 2.42. The second-order valence-electron chi connectivity index (χ2n) is 7.85. The zero-order chi connectivity index (χ0) is 18.0. The minimum atomic E-state index is 0. The van der Waals surface area contributed by atoms with Gasteiger partial charge in [0, 0.05) is 69.6 Å². The molecule has 0 radical (unpaired) electrons. The first-order valence-corrected chi connectivity index (χ1v) is 10.6. The Hall–Kier alpha value is -0.870. The van der Waals surface area contributed by atoms with Gasteiger partial charge in [-0.3, -0.25) is 14.7 Å². The Morgan fingerprint density at radius 1 is 1.44 bits per heavy atom. The van der Waals surface area contributed by atoms with Crippen molar-refractivity contribution in [2.45, 2.75) is 32.2 Å². The number of fused-ring (bicyclic) bond motifs is 1. The molecule has 8 heteroatoms. The second kappa shape index (κ2) is 9.09. The molecular weight excluding hydrogens is 473 g/mol. The molecule has 3 aliphatic rings. The van der Waals surface area contributed by atoms with E-state index in [-0.39, 0.29) is 35.3 Å². The van der Waals surface area contributed by atoms with Gasteiger partial charge in [-0.25, -0.2) is 0 Å². The van der Waals surface area contributed by atoms with Gasteiger partial charge >= 0.3 is 0 Å². The zero-order valence-corrected chi connectivity index (χ0v) is 19.1. The molecule has 4 rings (SSSR count). The molecule has 1 amide bonds. The van der Waals surface area contributed by atoms with Gasteiger partial charge in [0.2, 0.25) is 5.91 Å². The molecule has 2 saturated heterocycles. The fraction of sp³-hybridized carbons (Fsp3) is 0.684. The summed E-state index contributed by atoms with van der Waals surface area (Å²) in [6, 6.07) is 2.27. The van der Waals surface area contributed by atoms with E-state index in [1.807, 2.05) is 18.4 Å². The summed E-state index contributed by atoms with van der Waals surface area (Å²) >= 11 is 1.89. The summed E-state index contributed by atoms with van der Waals surface area (Å²) in [5.41, 5.74) is 1.61. The molecule has 1 aromatic rings. The van der Waals surface area contributed by atoms with Crippen molar-refractivity contribution in [3.8, 4) is 0 Å². The molecule has 1 unspecified atom stereocenters. The van der Waals surface area contributed by atoms with Crippen LogP contribution < -0.4 is 10.6 Å². The molecular formula is C19H30IN5OS. The number of hydrogen-bond acceptors (Lipinski definition) is 4. The molecule has 3 aliphatic heterocycles. The molecule has 0 aromatic carbocycles. The van der Waals surface area contributed by atoms with Gasteiger partial charge in [-0.2, -0.15) is 0 Å². The highest BCUT2D eigenvalue weighted by atomic mass is 127. The lowest BCUT2D eigenvalue weighted by Crippen LogP contribution is -2.52. The molecule has 4 heterocycles. The number of piperidine rings is 1. The molecule has 0 saturated carbocycles. The van der Waals surface area contributed by atoms with E-state index in [0.29, 0.717) is 6.42 Å². The van der Waals surface area contributed by atoms with Crippen LogP contribution in [0.5, 0.6) is 0 Å². The van der Waals surface area contributed by atoms with E-state index in [9.17, 15) is 4.79 Å². The maximum atomic E-state index is 11.7. The number of carbonyl (C=O) groups excluding carboxylic acids is 1. The van der Waals surface area contributed by atoms with Crippen LogP contribution in [-0.2, 0) is 17.8 Å². The van der Waals surface area contributed by atoms with Crippen LogP contribution in [0.4, 0.5) is 0 Å². The molecule has 150 valence electrons. The third kappa shape index (κ3) is 4.76. The van der Waals surface area contributed by atoms with Crippen molar-refractivity contribution in [1.29, 1.82) is 0 Å². The predicted molar refractivity (Wildman–Crippen MR) is 121 cm³/mol. The Balaban J connectivity index is 0.00000210. The Morgan fingerprint density at radius 2 is 2.33 bits per heavy atom. The largest absolute Gasteiger partial charge is 0.355 e. The first-order valence-electron chi connectivity index (χ1n) is 9.67. The molecule has 0 bridgehead atoms. The van der Waals surface area contributed by atoms with Crippen LogP contribution in [0.1, 0.15) is 29.7 Å². The van der Waals surface area contributed by atoms with Crippen molar-refractivity contribution in [3.63, 3.8) is 0 Å². The van der Waals surface area contributed by atoms with E-state index in [1.165, 1.54) is 12.0 Å². The van der Waals surface area contributed by atoms with E-state index < -0.39 is 0 Å². The first-order chi connectivity index (χ1) is 12.7. The van der Waals surface area contributed by atoms with E-state index in [0.717, 1.165) is 64.6 Å². The summed E-state index contributed by atoms with van der Waals surface area (Å²) in [4.78, 5) is 22.6. The van der Waals surface area contributed by atoms with Crippen LogP contribution in [0.25, 0.3) is 0 Å². The van der Waals surface area contributed by atoms with Crippen molar-refractivity contribution in [3.05, 3.63) is 21.9 Å². The third-order valence-corrected chi connectivity index (χ3v) is 6.99. The number of amides is 1. The molecule has 1 atom stereocenters. The average Bonchev–Trinajstić information content (AvgIpc) is 3.25. The lowest BCUT2D eigenvalue weighted by molar-refractivity contribution is -0.119. The molecule has 1 spiro atoms. The Labute approximate surface area is 182 Å². The van der Waals surface area contributed by atoms with Crippen LogP contribution >= 0.6 is 35.3 Å². The summed E-state index contributed by atoms with van der Waals surface area (Å²) < 4.78 is 0. The lowest BCUT2D eigenvalue weighted by atomic mass is 9.79. The number of aliphatic imine (C=N–C) groups is 1. The van der Waals surface area contributed by atoms with Crippen LogP contribution in [0.3, 0.4) is 0 Å². The van der Waals surface area contributed by atoms with E-state index in [1.54, 1.807) is 4.88 Å². The van der Waals surface area contributed by atoms with Crippen molar-refractivity contribution < 1.29 is 4.79 Å². The fourth-order valence-electron chi connectivity index (χ4n) is 4.58. The number of nitrogens with zero attached hydrogens (tertiary/aromatic N) is 3. The zero-order valence-electron chi connectivity index (χ0n) is 16.0. The normalized spacial score (nSPS) is 25.9. The summed E-state index contributed by atoms with van der Waals surface area (Å²) in [6.07, 6.45) is 4.10. The van der Waals surface area contributed by atoms with Crippen molar-refractivity contribution in [1.82, 2.24) is 20.4 Å². The maximum absolute atomic E-state index is 11.7. The third-order valence-electron chi connectivity index (χ3n) is 5.97. The quantitative estimate of drug-likeness (QED) is 0.376. The predicted octanol–water partition coefficient (Wildman–Crippen LogP) is 1.90. The highest BCUT2D eigenvalue weighted by molar-refractivity contribution is 14.0. The Kier molecular flexibility index (Phi) is 7.02. The first kappa shape index (κ1) is 20.9. The average molecular weight is 503 g/mol. The number of thiophene rings is 1. The molecule has 0 aliphatic carbocycles. The lowest BCUT2D eigenvalue weighted by Gasteiger charge is -2.41. The molecule has 1 aromatic heterocycles. The number of rotatable bonds is 3. The van der Waals surface area contributed by atoms with Crippen molar-refractivity contribution in [2.24, 2.45) is 10.4 Å². The van der Waals surface area contributed by atoms with Crippen molar-refractivity contribution >= 4 is 47.2 Å². The number of halogens is 1. The molecule has 6 nitrogen and oxygen atoms in total. The van der Waals surface area contributed by atoms with Crippen LogP contribution in [0.15, 0.2) is 16.4 Å². The van der Waals surface area contributed by atoms with Crippen LogP contribution in [0.2, 0.25) is 0 Å². The summed E-state index contributed by atoms with van der Waals surface area (Å²) in [6.45, 7) is 6.93. The maximum Gasteiger partial charge on any atom is 0.220 e. The van der Waals surface area contributed by atoms with Gasteiger partial charge in [0.15, 0.2) is 5.96 Å². The highest BCUT2D eigenvalue weighted by Crippen LogP contribution is 2.36. The number of carbonyl (C=O) groups is 1. The minimum Gasteiger partial charge on any atom is -0.355 e. The number of hydrogen-bond donors (Lipinski definition) is 2. The van der Waals surface area contributed by atoms with Gasteiger partial charge in [0.05, 0.1) is 0 Å². The SMILES string of the molecule is CN=C(NCCN1CCc2sccc2C1)N1CCCC2(CNC(=O)C2)C1.I. The van der Waals surface area contributed by atoms with Gasteiger partial charge < -0.3 is 15.5 Å². The smallest absolute Gasteiger partial charge is 0.220 e. The summed E-state index contributed by atoms with van der Waals surface area (Å²) in [5, 5.41) is 8.78. The van der Waals surface area contributed by atoms with Gasteiger partial charge in [-0.05, 0) is 36.3 Å². The van der Waals surface area contributed by atoms with Crippen LogP contribution in [0, 0.1) is 5.41 Å². The second-order valence-corrected chi connectivity index (χ2v) is 8.85. The number of nitrogens with one attached hydrogen (secondary N) is 2. The van der Waals surface area contributed by atoms with E-state index in [4.69, 9.17) is 0 Å². The standard InChI is InChI=1S/C19H29N5OS.HI/c1-20-18(24-7-2-5-19(14-24)11-17(25)22-13-19)21-6-9-23-8-3-16-15(12-23)4-10-26-16;/h4,10H,2-3,5-9,11-14H2,1H3,(H,20,21)(H,22,25);1H. The van der Waals surface area contributed by atoms with Gasteiger partial charge in [-0.1, -0.05) is 0 Å². The number of guanidine groups is 1. The Bertz CT molecular complexity index is 693. The van der Waals surface area contributed by atoms with Gasteiger partial charge in [-0.15, -0.1) is 35.3 Å². The van der Waals surface area contributed by atoms with E-state index >= 15 is 0 Å². The molecule has 27 heavy (non-hydrogen) atoms. The molecule has 2 fully saturated rings. The molecule has 2 N–H and O–H groups in total. The minimum absolute atomic E-state index is 0. The monoisotopic (exact) mass is 503 g/mol. The summed E-state index contributed by atoms with van der Waals surface area (Å²) in [7, 11) is 1.86. The van der Waals surface area contributed by atoms with Crippen LogP contribution in [-0.4, -0.2) is 68.0 Å². The fourth-order valence-corrected chi connectivity index (χ4v) is 5.47. The Morgan fingerprint density at radius 3 is 3.11 bits per heavy atom. The van der Waals surface area contributed by atoms with E-state index in [2.05, 4.69) is 36.9 Å². The number of likely N-dealkylation sites (tertiary alicyclic amines) is 1.